The maximum absolute atomic E-state index is 10.8. The molecule has 0 aliphatic carbocycles. The highest BCUT2D eigenvalue weighted by Crippen LogP contribution is 2.22. The molecule has 0 bridgehead atoms. The predicted molar refractivity (Wildman–Crippen MR) is 76.5 cm³/mol. The van der Waals surface area contributed by atoms with Crippen LogP contribution in [0.3, 0.4) is 0 Å². The standard InChI is InChI=1S/C16H20O4/c1-3-13-4-6-14(7-5-13)8-9-18-10-16(2)11-19-15(17)20-12-16/h3-7H,1,8-12H2,2H3. The maximum Gasteiger partial charge on any atom is 0.508 e. The zero-order chi connectivity index (χ0) is 14.4. The molecule has 2 rings (SSSR count). The van der Waals surface area contributed by atoms with Gasteiger partial charge in [0.2, 0.25) is 0 Å². The number of rotatable bonds is 6. The number of hydrogen-bond donors (Lipinski definition) is 0. The summed E-state index contributed by atoms with van der Waals surface area (Å²) in [5.74, 6) is 0. The van der Waals surface area contributed by atoms with Gasteiger partial charge in [0.05, 0.1) is 18.6 Å². The highest BCUT2D eigenvalue weighted by Gasteiger charge is 2.33. The van der Waals surface area contributed by atoms with Gasteiger partial charge in [-0.1, -0.05) is 43.8 Å². The molecular formula is C16H20O4. The minimum Gasteiger partial charge on any atom is -0.433 e. The van der Waals surface area contributed by atoms with Crippen molar-refractivity contribution < 1.29 is 19.0 Å². The van der Waals surface area contributed by atoms with E-state index in [1.54, 1.807) is 0 Å². The van der Waals surface area contributed by atoms with Crippen LogP contribution in [0.5, 0.6) is 0 Å². The SMILES string of the molecule is C=Cc1ccc(CCOCC2(C)COC(=O)OC2)cc1. The summed E-state index contributed by atoms with van der Waals surface area (Å²) in [6, 6.07) is 8.23. The molecule has 0 radical (unpaired) electrons. The number of carbonyl (C=O) groups is 1. The van der Waals surface area contributed by atoms with Gasteiger partial charge in [-0.2, -0.15) is 0 Å². The van der Waals surface area contributed by atoms with Gasteiger partial charge in [-0.05, 0) is 17.5 Å². The van der Waals surface area contributed by atoms with Gasteiger partial charge < -0.3 is 14.2 Å². The highest BCUT2D eigenvalue weighted by atomic mass is 16.7. The number of carbonyl (C=O) groups excluding carboxylic acids is 1. The fourth-order valence-electron chi connectivity index (χ4n) is 1.96. The molecule has 1 aliphatic heterocycles. The van der Waals surface area contributed by atoms with E-state index in [1.807, 2.05) is 25.1 Å². The van der Waals surface area contributed by atoms with Crippen molar-refractivity contribution >= 4 is 12.2 Å². The second-order valence-electron chi connectivity index (χ2n) is 5.39. The van der Waals surface area contributed by atoms with Crippen molar-refractivity contribution in [3.8, 4) is 0 Å². The first-order chi connectivity index (χ1) is 9.61. The monoisotopic (exact) mass is 276 g/mol. The van der Waals surface area contributed by atoms with Gasteiger partial charge in [-0.15, -0.1) is 0 Å². The van der Waals surface area contributed by atoms with E-state index < -0.39 is 6.16 Å². The molecule has 1 aromatic rings. The second-order valence-corrected chi connectivity index (χ2v) is 5.39. The van der Waals surface area contributed by atoms with Crippen LogP contribution in [0, 0.1) is 5.41 Å². The minimum absolute atomic E-state index is 0.249. The smallest absolute Gasteiger partial charge is 0.433 e. The van der Waals surface area contributed by atoms with E-state index in [9.17, 15) is 4.79 Å². The first-order valence-electron chi connectivity index (χ1n) is 6.70. The Morgan fingerprint density at radius 3 is 2.55 bits per heavy atom. The Balaban J connectivity index is 1.70. The van der Waals surface area contributed by atoms with Gasteiger partial charge in [0.25, 0.3) is 0 Å². The third-order valence-electron chi connectivity index (χ3n) is 3.28. The van der Waals surface area contributed by atoms with E-state index in [2.05, 4.69) is 18.7 Å². The minimum atomic E-state index is -0.593. The van der Waals surface area contributed by atoms with Crippen molar-refractivity contribution in [2.75, 3.05) is 26.4 Å². The molecule has 4 nitrogen and oxygen atoms in total. The van der Waals surface area contributed by atoms with Crippen LogP contribution in [0.15, 0.2) is 30.8 Å². The van der Waals surface area contributed by atoms with E-state index in [0.29, 0.717) is 26.4 Å². The molecule has 1 fully saturated rings. The Bertz CT molecular complexity index is 454. The van der Waals surface area contributed by atoms with E-state index in [4.69, 9.17) is 14.2 Å². The second kappa shape index (κ2) is 6.57. The van der Waals surface area contributed by atoms with Gasteiger partial charge in [0, 0.05) is 0 Å². The molecule has 0 unspecified atom stereocenters. The zero-order valence-corrected chi connectivity index (χ0v) is 11.8. The topological polar surface area (TPSA) is 44.8 Å². The van der Waals surface area contributed by atoms with Crippen molar-refractivity contribution in [2.24, 2.45) is 5.41 Å². The molecule has 1 aromatic carbocycles. The molecule has 1 heterocycles. The van der Waals surface area contributed by atoms with Gasteiger partial charge in [0.1, 0.15) is 13.2 Å². The van der Waals surface area contributed by atoms with Crippen LogP contribution >= 0.6 is 0 Å². The summed E-state index contributed by atoms with van der Waals surface area (Å²) in [5.41, 5.74) is 2.09. The fourth-order valence-corrected chi connectivity index (χ4v) is 1.96. The van der Waals surface area contributed by atoms with Crippen LogP contribution < -0.4 is 0 Å². The van der Waals surface area contributed by atoms with Crippen LogP contribution in [0.2, 0.25) is 0 Å². The van der Waals surface area contributed by atoms with Gasteiger partial charge >= 0.3 is 6.16 Å². The predicted octanol–water partition coefficient (Wildman–Crippen LogP) is 3.06. The maximum atomic E-state index is 10.8. The third-order valence-corrected chi connectivity index (χ3v) is 3.28. The molecular weight excluding hydrogens is 256 g/mol. The van der Waals surface area contributed by atoms with Crippen molar-refractivity contribution in [1.82, 2.24) is 0 Å². The molecule has 0 saturated carbocycles. The number of ether oxygens (including phenoxy) is 3. The fraction of sp³-hybridized carbons (Fsp3) is 0.438. The van der Waals surface area contributed by atoms with E-state index in [1.165, 1.54) is 5.56 Å². The third kappa shape index (κ3) is 4.10. The van der Waals surface area contributed by atoms with Crippen molar-refractivity contribution in [3.63, 3.8) is 0 Å². The number of cyclic esters (lactones) is 2. The molecule has 0 amide bonds. The lowest BCUT2D eigenvalue weighted by Crippen LogP contribution is -2.40. The average Bonchev–Trinajstić information content (AvgIpc) is 2.48. The van der Waals surface area contributed by atoms with Gasteiger partial charge in [0.15, 0.2) is 0 Å². The molecule has 20 heavy (non-hydrogen) atoms. The highest BCUT2D eigenvalue weighted by molar-refractivity contribution is 5.60. The average molecular weight is 276 g/mol. The molecule has 0 aromatic heterocycles. The summed E-state index contributed by atoms with van der Waals surface area (Å²) in [4.78, 5) is 10.8. The summed E-state index contributed by atoms with van der Waals surface area (Å²) in [6.45, 7) is 7.56. The summed E-state index contributed by atoms with van der Waals surface area (Å²) in [6.07, 6.45) is 2.09. The van der Waals surface area contributed by atoms with Crippen LogP contribution in [-0.2, 0) is 20.6 Å². The number of hydrogen-bond acceptors (Lipinski definition) is 4. The summed E-state index contributed by atoms with van der Waals surface area (Å²) >= 11 is 0. The molecule has 108 valence electrons. The van der Waals surface area contributed by atoms with Crippen LogP contribution in [0.1, 0.15) is 18.1 Å². The van der Waals surface area contributed by atoms with Crippen molar-refractivity contribution in [2.45, 2.75) is 13.3 Å². The van der Waals surface area contributed by atoms with E-state index in [0.717, 1.165) is 12.0 Å². The van der Waals surface area contributed by atoms with E-state index in [-0.39, 0.29) is 5.41 Å². The van der Waals surface area contributed by atoms with Crippen LogP contribution in [0.25, 0.3) is 6.08 Å². The first-order valence-corrected chi connectivity index (χ1v) is 6.70. The lowest BCUT2D eigenvalue weighted by atomic mass is 9.94. The van der Waals surface area contributed by atoms with Crippen molar-refractivity contribution in [1.29, 1.82) is 0 Å². The largest absolute Gasteiger partial charge is 0.508 e. The Kier molecular flexibility index (Phi) is 4.79. The molecule has 4 heteroatoms. The summed E-state index contributed by atoms with van der Waals surface area (Å²) in [5, 5.41) is 0. The molecule has 1 saturated heterocycles. The quantitative estimate of drug-likeness (QED) is 0.591. The molecule has 0 atom stereocenters. The lowest BCUT2D eigenvalue weighted by molar-refractivity contribution is -0.0846. The van der Waals surface area contributed by atoms with E-state index >= 15 is 0 Å². The van der Waals surface area contributed by atoms with Crippen LogP contribution in [-0.4, -0.2) is 32.6 Å². The molecule has 0 spiro atoms. The molecule has 1 aliphatic rings. The zero-order valence-electron chi connectivity index (χ0n) is 11.8. The van der Waals surface area contributed by atoms with Gasteiger partial charge in [-0.25, -0.2) is 4.79 Å². The van der Waals surface area contributed by atoms with Crippen LogP contribution in [0.4, 0.5) is 4.79 Å². The first kappa shape index (κ1) is 14.6. The van der Waals surface area contributed by atoms with Crippen molar-refractivity contribution in [3.05, 3.63) is 42.0 Å². The van der Waals surface area contributed by atoms with Gasteiger partial charge in [-0.3, -0.25) is 0 Å². The Morgan fingerprint density at radius 2 is 1.95 bits per heavy atom. The molecule has 0 N–H and O–H groups in total. The number of benzene rings is 1. The normalized spacial score (nSPS) is 17.1. The summed E-state index contributed by atoms with van der Waals surface area (Å²) < 4.78 is 15.4. The summed E-state index contributed by atoms with van der Waals surface area (Å²) in [7, 11) is 0. The Morgan fingerprint density at radius 1 is 1.30 bits per heavy atom. The Labute approximate surface area is 119 Å². The lowest BCUT2D eigenvalue weighted by Gasteiger charge is -2.31. The Hall–Kier alpha value is -1.81.